The summed E-state index contributed by atoms with van der Waals surface area (Å²) in [6.45, 7) is 1.74. The lowest BCUT2D eigenvalue weighted by Crippen LogP contribution is -2.34. The zero-order valence-corrected chi connectivity index (χ0v) is 9.21. The molecule has 15 heavy (non-hydrogen) atoms. The second-order valence-electron chi connectivity index (χ2n) is 4.32. The van der Waals surface area contributed by atoms with Crippen molar-refractivity contribution in [2.45, 2.75) is 38.3 Å². The smallest absolute Gasteiger partial charge is 0.0210 e. The number of benzene rings is 1. The van der Waals surface area contributed by atoms with Crippen LogP contribution in [0.2, 0.25) is 0 Å². The molecule has 1 saturated carbocycles. The van der Waals surface area contributed by atoms with Crippen molar-refractivity contribution in [3.8, 4) is 0 Å². The van der Waals surface area contributed by atoms with Crippen molar-refractivity contribution in [2.24, 2.45) is 5.73 Å². The summed E-state index contributed by atoms with van der Waals surface area (Å²) < 4.78 is 0. The van der Waals surface area contributed by atoms with Crippen molar-refractivity contribution in [2.75, 3.05) is 6.54 Å². The minimum absolute atomic E-state index is 0.737. The predicted octanol–water partition coefficient (Wildman–Crippen LogP) is 1.83. The molecular formula is C13H20N2. The zero-order valence-electron chi connectivity index (χ0n) is 9.21. The van der Waals surface area contributed by atoms with E-state index in [4.69, 9.17) is 5.73 Å². The lowest BCUT2D eigenvalue weighted by molar-refractivity contribution is 0.338. The maximum absolute atomic E-state index is 5.60. The van der Waals surface area contributed by atoms with Crippen molar-refractivity contribution < 1.29 is 0 Å². The van der Waals surface area contributed by atoms with Crippen LogP contribution in [0.15, 0.2) is 24.3 Å². The summed E-state index contributed by atoms with van der Waals surface area (Å²) in [6.07, 6.45) is 5.07. The normalized spacial score (nSPS) is 16.3. The Balaban J connectivity index is 1.92. The molecule has 0 spiro atoms. The summed E-state index contributed by atoms with van der Waals surface area (Å²) in [5.74, 6) is 0. The van der Waals surface area contributed by atoms with Crippen LogP contribution in [0.4, 0.5) is 0 Å². The quantitative estimate of drug-likeness (QED) is 0.768. The molecule has 0 saturated heterocycles. The Morgan fingerprint density at radius 1 is 1.20 bits per heavy atom. The van der Waals surface area contributed by atoms with E-state index < -0.39 is 0 Å². The van der Waals surface area contributed by atoms with Crippen LogP contribution >= 0.6 is 0 Å². The SMILES string of the molecule is NCCc1ccccc1CNC1CCC1. The Kier molecular flexibility index (Phi) is 3.75. The third kappa shape index (κ3) is 2.80. The summed E-state index contributed by atoms with van der Waals surface area (Å²) in [6, 6.07) is 9.35. The van der Waals surface area contributed by atoms with Gasteiger partial charge in [0.25, 0.3) is 0 Å². The highest BCUT2D eigenvalue weighted by atomic mass is 14.9. The molecule has 1 aliphatic carbocycles. The molecular weight excluding hydrogens is 184 g/mol. The highest BCUT2D eigenvalue weighted by Crippen LogP contribution is 2.19. The minimum atomic E-state index is 0.737. The molecule has 1 aliphatic rings. The molecule has 0 heterocycles. The topological polar surface area (TPSA) is 38.0 Å². The van der Waals surface area contributed by atoms with Crippen molar-refractivity contribution in [3.05, 3.63) is 35.4 Å². The van der Waals surface area contributed by atoms with Gasteiger partial charge in [0.1, 0.15) is 0 Å². The summed E-state index contributed by atoms with van der Waals surface area (Å²) >= 11 is 0. The Bertz CT molecular complexity index is 305. The Labute approximate surface area is 91.9 Å². The van der Waals surface area contributed by atoms with E-state index in [9.17, 15) is 0 Å². The molecule has 3 N–H and O–H groups in total. The van der Waals surface area contributed by atoms with Crippen LogP contribution in [0.5, 0.6) is 0 Å². The van der Waals surface area contributed by atoms with Crippen LogP contribution in [0.3, 0.4) is 0 Å². The lowest BCUT2D eigenvalue weighted by atomic mass is 9.92. The van der Waals surface area contributed by atoms with E-state index in [0.717, 1.165) is 25.6 Å². The maximum atomic E-state index is 5.60. The molecule has 2 heteroatoms. The van der Waals surface area contributed by atoms with Gasteiger partial charge < -0.3 is 11.1 Å². The molecule has 1 aromatic rings. The first kappa shape index (κ1) is 10.7. The molecule has 0 aromatic heterocycles. The standard InChI is InChI=1S/C13H20N2/c14-9-8-11-4-1-2-5-12(11)10-15-13-6-3-7-13/h1-2,4-5,13,15H,3,6-10,14H2. The Morgan fingerprint density at radius 3 is 2.53 bits per heavy atom. The highest BCUT2D eigenvalue weighted by Gasteiger charge is 2.16. The van der Waals surface area contributed by atoms with Gasteiger partial charge in [-0.15, -0.1) is 0 Å². The molecule has 0 amide bonds. The first-order valence-corrected chi connectivity index (χ1v) is 5.90. The van der Waals surface area contributed by atoms with Gasteiger partial charge in [-0.05, 0) is 36.9 Å². The van der Waals surface area contributed by atoms with Crippen molar-refractivity contribution in [1.82, 2.24) is 5.32 Å². The fourth-order valence-electron chi connectivity index (χ4n) is 2.00. The summed E-state index contributed by atoms with van der Waals surface area (Å²) in [5, 5.41) is 3.59. The van der Waals surface area contributed by atoms with Crippen molar-refractivity contribution in [1.29, 1.82) is 0 Å². The van der Waals surface area contributed by atoms with Gasteiger partial charge in [0.2, 0.25) is 0 Å². The fraction of sp³-hybridized carbons (Fsp3) is 0.538. The average Bonchev–Trinajstić information content (AvgIpc) is 2.18. The van der Waals surface area contributed by atoms with E-state index in [0.29, 0.717) is 0 Å². The Morgan fingerprint density at radius 2 is 1.93 bits per heavy atom. The van der Waals surface area contributed by atoms with Gasteiger partial charge >= 0.3 is 0 Å². The van der Waals surface area contributed by atoms with Crippen LogP contribution in [-0.2, 0) is 13.0 Å². The van der Waals surface area contributed by atoms with Gasteiger partial charge in [-0.2, -0.15) is 0 Å². The van der Waals surface area contributed by atoms with E-state index in [1.807, 2.05) is 0 Å². The van der Waals surface area contributed by atoms with Crippen LogP contribution in [0, 0.1) is 0 Å². The van der Waals surface area contributed by atoms with E-state index in [1.165, 1.54) is 30.4 Å². The van der Waals surface area contributed by atoms with Crippen LogP contribution < -0.4 is 11.1 Å². The zero-order chi connectivity index (χ0) is 10.5. The largest absolute Gasteiger partial charge is 0.330 e. The van der Waals surface area contributed by atoms with E-state index in [1.54, 1.807) is 0 Å². The van der Waals surface area contributed by atoms with Gasteiger partial charge in [0, 0.05) is 12.6 Å². The van der Waals surface area contributed by atoms with Crippen LogP contribution in [-0.4, -0.2) is 12.6 Å². The first-order chi connectivity index (χ1) is 7.40. The number of rotatable bonds is 5. The summed E-state index contributed by atoms with van der Waals surface area (Å²) in [5.41, 5.74) is 8.41. The number of hydrogen-bond acceptors (Lipinski definition) is 2. The molecule has 2 nitrogen and oxygen atoms in total. The molecule has 0 radical (unpaired) electrons. The lowest BCUT2D eigenvalue weighted by Gasteiger charge is -2.27. The second kappa shape index (κ2) is 5.29. The van der Waals surface area contributed by atoms with Gasteiger partial charge in [0.15, 0.2) is 0 Å². The minimum Gasteiger partial charge on any atom is -0.330 e. The monoisotopic (exact) mass is 204 g/mol. The summed E-state index contributed by atoms with van der Waals surface area (Å²) in [7, 11) is 0. The van der Waals surface area contributed by atoms with E-state index in [-0.39, 0.29) is 0 Å². The maximum Gasteiger partial charge on any atom is 0.0210 e. The summed E-state index contributed by atoms with van der Waals surface area (Å²) in [4.78, 5) is 0. The molecule has 0 aliphatic heterocycles. The van der Waals surface area contributed by atoms with Crippen LogP contribution in [0.1, 0.15) is 30.4 Å². The predicted molar refractivity (Wildman–Crippen MR) is 63.7 cm³/mol. The number of nitrogens with two attached hydrogens (primary N) is 1. The van der Waals surface area contributed by atoms with Crippen molar-refractivity contribution >= 4 is 0 Å². The third-order valence-corrected chi connectivity index (χ3v) is 3.22. The molecule has 2 rings (SSSR count). The Hall–Kier alpha value is -0.860. The average molecular weight is 204 g/mol. The van der Waals surface area contributed by atoms with E-state index in [2.05, 4.69) is 29.6 Å². The highest BCUT2D eigenvalue weighted by molar-refractivity contribution is 5.27. The first-order valence-electron chi connectivity index (χ1n) is 5.90. The molecule has 1 fully saturated rings. The second-order valence-corrected chi connectivity index (χ2v) is 4.32. The molecule has 0 unspecified atom stereocenters. The number of hydrogen-bond donors (Lipinski definition) is 2. The molecule has 0 atom stereocenters. The van der Waals surface area contributed by atoms with Gasteiger partial charge in [-0.3, -0.25) is 0 Å². The van der Waals surface area contributed by atoms with Gasteiger partial charge in [-0.25, -0.2) is 0 Å². The van der Waals surface area contributed by atoms with Crippen LogP contribution in [0.25, 0.3) is 0 Å². The molecule has 82 valence electrons. The molecule has 1 aromatic carbocycles. The fourth-order valence-corrected chi connectivity index (χ4v) is 2.00. The van der Waals surface area contributed by atoms with Crippen molar-refractivity contribution in [3.63, 3.8) is 0 Å². The van der Waals surface area contributed by atoms with Gasteiger partial charge in [0.05, 0.1) is 0 Å². The third-order valence-electron chi connectivity index (χ3n) is 3.22. The molecule has 0 bridgehead atoms. The van der Waals surface area contributed by atoms with E-state index >= 15 is 0 Å². The van der Waals surface area contributed by atoms with Gasteiger partial charge in [-0.1, -0.05) is 30.7 Å². The number of nitrogens with one attached hydrogen (secondary N) is 1.